The van der Waals surface area contributed by atoms with Crippen LogP contribution in [0.2, 0.25) is 5.02 Å². The third kappa shape index (κ3) is 3.75. The van der Waals surface area contributed by atoms with Gasteiger partial charge in [0.2, 0.25) is 0 Å². The topological polar surface area (TPSA) is 44.6 Å². The van der Waals surface area contributed by atoms with Gasteiger partial charge in [-0.15, -0.1) is 0 Å². The van der Waals surface area contributed by atoms with Crippen LogP contribution in [-0.2, 0) is 0 Å². The van der Waals surface area contributed by atoms with Gasteiger partial charge in [0.05, 0.1) is 16.4 Å². The Labute approximate surface area is 138 Å². The quantitative estimate of drug-likeness (QED) is 0.523. The van der Waals surface area contributed by atoms with Gasteiger partial charge in [0.15, 0.2) is 0 Å². The van der Waals surface area contributed by atoms with Gasteiger partial charge in [-0.25, -0.2) is 0 Å². The van der Waals surface area contributed by atoms with E-state index in [9.17, 15) is 5.11 Å². The van der Waals surface area contributed by atoms with E-state index < -0.39 is 0 Å². The fourth-order valence-electron chi connectivity index (χ4n) is 1.52. The van der Waals surface area contributed by atoms with Crippen LogP contribution in [-0.4, -0.2) is 11.3 Å². The second kappa shape index (κ2) is 6.61. The second-order valence-electron chi connectivity index (χ2n) is 4.16. The summed E-state index contributed by atoms with van der Waals surface area (Å²) < 4.78 is 1.45. The zero-order chi connectivity index (χ0) is 14.7. The van der Waals surface area contributed by atoms with Gasteiger partial charge in [0, 0.05) is 15.1 Å². The Morgan fingerprint density at radius 2 is 2.00 bits per heavy atom. The number of aryl methyl sites for hydroxylation is 1. The molecule has 0 fully saturated rings. The first-order chi connectivity index (χ1) is 9.47. The molecular weight excluding hydrogens is 407 g/mol. The lowest BCUT2D eigenvalue weighted by molar-refractivity contribution is 0.471. The molecule has 0 aromatic heterocycles. The molecule has 0 spiro atoms. The SMILES string of the molecule is Cc1ccc(NN=Cc2cc(Br)cc(Br)c2O)cc1Cl. The van der Waals surface area contributed by atoms with Gasteiger partial charge in [-0.05, 0) is 52.7 Å². The number of nitrogens with one attached hydrogen (secondary N) is 1. The number of rotatable bonds is 3. The lowest BCUT2D eigenvalue weighted by Gasteiger charge is -2.04. The van der Waals surface area contributed by atoms with Crippen molar-refractivity contribution in [2.45, 2.75) is 6.92 Å². The molecule has 0 aliphatic heterocycles. The van der Waals surface area contributed by atoms with Crippen molar-refractivity contribution in [3.05, 3.63) is 55.4 Å². The number of phenolic OH excluding ortho intramolecular Hbond substituents is 1. The molecule has 2 aromatic rings. The molecule has 20 heavy (non-hydrogen) atoms. The molecule has 2 N–H and O–H groups in total. The molecule has 0 bridgehead atoms. The number of hydrogen-bond acceptors (Lipinski definition) is 3. The van der Waals surface area contributed by atoms with Crippen LogP contribution >= 0.6 is 43.5 Å². The maximum absolute atomic E-state index is 9.89. The predicted octanol–water partition coefficient (Wildman–Crippen LogP) is 5.33. The second-order valence-corrected chi connectivity index (χ2v) is 6.34. The van der Waals surface area contributed by atoms with Crippen LogP contribution in [0.5, 0.6) is 5.75 Å². The number of aromatic hydroxyl groups is 1. The number of halogens is 3. The Balaban J connectivity index is 2.16. The molecule has 2 aromatic carbocycles. The van der Waals surface area contributed by atoms with Crippen molar-refractivity contribution < 1.29 is 5.11 Å². The van der Waals surface area contributed by atoms with Crippen molar-refractivity contribution in [1.29, 1.82) is 0 Å². The van der Waals surface area contributed by atoms with Crippen LogP contribution in [0.25, 0.3) is 0 Å². The van der Waals surface area contributed by atoms with Gasteiger partial charge in [-0.2, -0.15) is 5.10 Å². The fraction of sp³-hybridized carbons (Fsp3) is 0.0714. The third-order valence-electron chi connectivity index (χ3n) is 2.63. The summed E-state index contributed by atoms with van der Waals surface area (Å²) in [5.74, 6) is 0.140. The average molecular weight is 419 g/mol. The van der Waals surface area contributed by atoms with Gasteiger partial charge in [-0.3, -0.25) is 5.43 Å². The van der Waals surface area contributed by atoms with Gasteiger partial charge >= 0.3 is 0 Å². The van der Waals surface area contributed by atoms with E-state index in [4.69, 9.17) is 11.6 Å². The molecule has 6 heteroatoms. The highest BCUT2D eigenvalue weighted by Crippen LogP contribution is 2.30. The highest BCUT2D eigenvalue weighted by molar-refractivity contribution is 9.11. The summed E-state index contributed by atoms with van der Waals surface area (Å²) in [6.07, 6.45) is 1.54. The molecule has 0 aliphatic carbocycles. The summed E-state index contributed by atoms with van der Waals surface area (Å²) in [5, 5.41) is 14.7. The van der Waals surface area contributed by atoms with E-state index >= 15 is 0 Å². The molecular formula is C14H11Br2ClN2O. The minimum Gasteiger partial charge on any atom is -0.506 e. The molecule has 3 nitrogen and oxygen atoms in total. The van der Waals surface area contributed by atoms with Crippen LogP contribution < -0.4 is 5.43 Å². The molecule has 104 valence electrons. The molecule has 0 atom stereocenters. The molecule has 0 heterocycles. The standard InChI is InChI=1S/C14H11Br2ClN2O/c1-8-2-3-11(6-13(8)17)19-18-7-9-4-10(15)5-12(16)14(9)20/h2-7,19-20H,1H3. The molecule has 2 rings (SSSR count). The van der Waals surface area contributed by atoms with Gasteiger partial charge < -0.3 is 5.11 Å². The minimum absolute atomic E-state index is 0.140. The zero-order valence-electron chi connectivity index (χ0n) is 10.5. The molecule has 0 amide bonds. The number of benzene rings is 2. The van der Waals surface area contributed by atoms with Crippen LogP contribution in [0.4, 0.5) is 5.69 Å². The molecule has 0 radical (unpaired) electrons. The van der Waals surface area contributed by atoms with Crippen molar-refractivity contribution in [3.8, 4) is 5.75 Å². The maximum Gasteiger partial charge on any atom is 0.138 e. The van der Waals surface area contributed by atoms with Crippen molar-refractivity contribution in [2.24, 2.45) is 5.10 Å². The van der Waals surface area contributed by atoms with Gasteiger partial charge in [-0.1, -0.05) is 33.6 Å². The smallest absolute Gasteiger partial charge is 0.138 e. The third-order valence-corrected chi connectivity index (χ3v) is 4.10. The highest BCUT2D eigenvalue weighted by Gasteiger charge is 2.05. The number of hydrogen-bond donors (Lipinski definition) is 2. The van der Waals surface area contributed by atoms with E-state index in [0.717, 1.165) is 15.7 Å². The van der Waals surface area contributed by atoms with Crippen molar-refractivity contribution >= 4 is 55.4 Å². The van der Waals surface area contributed by atoms with E-state index in [2.05, 4.69) is 42.4 Å². The minimum atomic E-state index is 0.140. The van der Waals surface area contributed by atoms with Crippen molar-refractivity contribution in [1.82, 2.24) is 0 Å². The number of nitrogens with zero attached hydrogens (tertiary/aromatic N) is 1. The van der Waals surface area contributed by atoms with E-state index in [-0.39, 0.29) is 5.75 Å². The van der Waals surface area contributed by atoms with Crippen molar-refractivity contribution in [3.63, 3.8) is 0 Å². The zero-order valence-corrected chi connectivity index (χ0v) is 14.4. The Bertz CT molecular complexity index is 674. The van der Waals surface area contributed by atoms with E-state index in [1.54, 1.807) is 24.4 Å². The number of hydrazone groups is 1. The Hall–Kier alpha value is -1.04. The summed E-state index contributed by atoms with van der Waals surface area (Å²) in [4.78, 5) is 0. The number of phenols is 1. The van der Waals surface area contributed by atoms with Gasteiger partial charge in [0.1, 0.15) is 5.75 Å². The van der Waals surface area contributed by atoms with Gasteiger partial charge in [0.25, 0.3) is 0 Å². The van der Waals surface area contributed by atoms with Crippen LogP contribution in [0.15, 0.2) is 44.4 Å². The molecule has 0 unspecified atom stereocenters. The highest BCUT2D eigenvalue weighted by atomic mass is 79.9. The Kier molecular flexibility index (Phi) is 5.07. The molecule has 0 saturated carbocycles. The van der Waals surface area contributed by atoms with E-state index in [0.29, 0.717) is 15.1 Å². The predicted molar refractivity (Wildman–Crippen MR) is 90.9 cm³/mol. The average Bonchev–Trinajstić information content (AvgIpc) is 2.39. The van der Waals surface area contributed by atoms with Crippen LogP contribution in [0.3, 0.4) is 0 Å². The maximum atomic E-state index is 9.89. The summed E-state index contributed by atoms with van der Waals surface area (Å²) in [5.41, 5.74) is 5.26. The fourth-order valence-corrected chi connectivity index (χ4v) is 2.96. The molecule has 0 saturated heterocycles. The lowest BCUT2D eigenvalue weighted by atomic mass is 10.2. The van der Waals surface area contributed by atoms with Crippen LogP contribution in [0, 0.1) is 6.92 Å². The first-order valence-electron chi connectivity index (χ1n) is 5.70. The Morgan fingerprint density at radius 1 is 1.25 bits per heavy atom. The normalized spacial score (nSPS) is 11.0. The lowest BCUT2D eigenvalue weighted by Crippen LogP contribution is -1.92. The van der Waals surface area contributed by atoms with E-state index in [1.165, 1.54) is 0 Å². The first-order valence-corrected chi connectivity index (χ1v) is 7.67. The Morgan fingerprint density at radius 3 is 2.70 bits per heavy atom. The summed E-state index contributed by atoms with van der Waals surface area (Å²) >= 11 is 12.7. The summed E-state index contributed by atoms with van der Waals surface area (Å²) in [6.45, 7) is 1.94. The largest absolute Gasteiger partial charge is 0.506 e. The van der Waals surface area contributed by atoms with E-state index in [1.807, 2.05) is 19.1 Å². The van der Waals surface area contributed by atoms with Crippen LogP contribution in [0.1, 0.15) is 11.1 Å². The van der Waals surface area contributed by atoms with Crippen molar-refractivity contribution in [2.75, 3.05) is 5.43 Å². The summed E-state index contributed by atoms with van der Waals surface area (Å²) in [7, 11) is 0. The number of anilines is 1. The monoisotopic (exact) mass is 416 g/mol. The molecule has 0 aliphatic rings. The summed E-state index contributed by atoms with van der Waals surface area (Å²) in [6, 6.07) is 9.13. The first kappa shape index (κ1) is 15.4.